The Morgan fingerprint density at radius 2 is 2.12 bits per heavy atom. The molecule has 0 fully saturated rings. The molecule has 1 heterocycles. The van der Waals surface area contributed by atoms with Gasteiger partial charge in [0.2, 0.25) is 10.9 Å². The van der Waals surface area contributed by atoms with Crippen LogP contribution in [0.1, 0.15) is 5.82 Å². The molecule has 2 aromatic rings. The van der Waals surface area contributed by atoms with E-state index < -0.39 is 16.9 Å². The molecule has 2 rings (SSSR count). The Labute approximate surface area is 95.4 Å². The number of aromatic nitrogens is 2. The zero-order valence-corrected chi connectivity index (χ0v) is 9.40. The summed E-state index contributed by atoms with van der Waals surface area (Å²) in [6, 6.07) is 8.86. The van der Waals surface area contributed by atoms with Crippen molar-refractivity contribution in [2.75, 3.05) is 4.72 Å². The highest BCUT2D eigenvalue weighted by atomic mass is 32.2. The molecule has 5 nitrogen and oxygen atoms in total. The maximum absolute atomic E-state index is 11.4. The first kappa shape index (κ1) is 10.6. The molecule has 1 N–H and O–H groups in total. The first-order valence-electron chi connectivity index (χ1n) is 4.60. The highest BCUT2D eigenvalue weighted by Crippen LogP contribution is 2.12. The number of rotatable bonds is 2. The van der Waals surface area contributed by atoms with Gasteiger partial charge in [-0.15, -0.1) is 0 Å². The summed E-state index contributed by atoms with van der Waals surface area (Å²) in [6.45, 7) is 1.77. The average Bonchev–Trinajstić information content (AvgIpc) is 2.65. The van der Waals surface area contributed by atoms with Gasteiger partial charge in [0, 0.05) is 11.3 Å². The van der Waals surface area contributed by atoms with Crippen LogP contribution < -0.4 is 9.46 Å². The summed E-state index contributed by atoms with van der Waals surface area (Å²) in [4.78, 5) is 15.4. The van der Waals surface area contributed by atoms with Crippen molar-refractivity contribution < 1.29 is 9.53 Å². The van der Waals surface area contributed by atoms with Crippen LogP contribution in [0.25, 0.3) is 0 Å². The third-order valence-electron chi connectivity index (χ3n) is 1.71. The molecule has 0 saturated carbocycles. The summed E-state index contributed by atoms with van der Waals surface area (Å²) < 4.78 is 11.7. The van der Waals surface area contributed by atoms with E-state index in [4.69, 9.17) is 4.74 Å². The number of amides is 1. The fourth-order valence-corrected chi connectivity index (χ4v) is 2.01. The van der Waals surface area contributed by atoms with Gasteiger partial charge in [0.05, 0.1) is 0 Å². The SMILES string of the molecule is Cc1nc[s+](NC(=O)Oc2ccccc2)n1. The molecule has 0 aliphatic rings. The monoisotopic (exact) mass is 236 g/mol. The van der Waals surface area contributed by atoms with E-state index in [-0.39, 0.29) is 0 Å². The van der Waals surface area contributed by atoms with Crippen LogP contribution in [0.4, 0.5) is 4.79 Å². The number of carbonyl (C=O) groups excluding carboxylic acids is 1. The highest BCUT2D eigenvalue weighted by Gasteiger charge is 2.15. The molecule has 6 heteroatoms. The molecule has 16 heavy (non-hydrogen) atoms. The summed E-state index contributed by atoms with van der Waals surface area (Å²) in [5.41, 5.74) is 1.58. The molecule has 1 amide bonds. The van der Waals surface area contributed by atoms with Crippen LogP contribution in [0.5, 0.6) is 5.75 Å². The lowest BCUT2D eigenvalue weighted by Crippen LogP contribution is -2.15. The molecule has 0 aliphatic carbocycles. The number of hydrogen-bond acceptors (Lipinski definition) is 4. The van der Waals surface area contributed by atoms with Crippen molar-refractivity contribution in [1.82, 2.24) is 9.36 Å². The predicted molar refractivity (Wildman–Crippen MR) is 61.1 cm³/mol. The van der Waals surface area contributed by atoms with Crippen LogP contribution in [-0.2, 0) is 0 Å². The number of hydrogen-bond donors (Lipinski definition) is 1. The van der Waals surface area contributed by atoms with Crippen LogP contribution >= 0.6 is 10.9 Å². The van der Waals surface area contributed by atoms with Gasteiger partial charge in [-0.1, -0.05) is 22.9 Å². The summed E-state index contributed by atoms with van der Waals surface area (Å²) in [5, 5.41) is 0. The lowest BCUT2D eigenvalue weighted by molar-refractivity contribution is 0.216. The number of nitrogens with zero attached hydrogens (tertiary/aromatic N) is 2. The van der Waals surface area contributed by atoms with Crippen molar-refractivity contribution in [2.24, 2.45) is 0 Å². The van der Waals surface area contributed by atoms with Crippen LogP contribution in [0.15, 0.2) is 35.8 Å². The molecule has 0 aliphatic heterocycles. The van der Waals surface area contributed by atoms with Crippen molar-refractivity contribution >= 4 is 16.9 Å². The van der Waals surface area contributed by atoms with Gasteiger partial charge in [0.1, 0.15) is 5.75 Å². The van der Waals surface area contributed by atoms with Crippen LogP contribution in [0, 0.1) is 6.92 Å². The van der Waals surface area contributed by atoms with Gasteiger partial charge in [0.25, 0.3) is 5.51 Å². The van der Waals surface area contributed by atoms with Crippen molar-refractivity contribution in [1.29, 1.82) is 0 Å². The summed E-state index contributed by atoms with van der Waals surface area (Å²) in [5.74, 6) is 1.16. The Hall–Kier alpha value is -1.95. The van der Waals surface area contributed by atoms with E-state index in [2.05, 4.69) is 14.1 Å². The first-order valence-corrected chi connectivity index (χ1v) is 5.85. The van der Waals surface area contributed by atoms with E-state index in [9.17, 15) is 4.79 Å². The zero-order valence-electron chi connectivity index (χ0n) is 8.58. The Balaban J connectivity index is 1.95. The quantitative estimate of drug-likeness (QED) is 0.812. The molecule has 1 aromatic carbocycles. The highest BCUT2D eigenvalue weighted by molar-refractivity contribution is 7.27. The molecule has 0 spiro atoms. The van der Waals surface area contributed by atoms with Gasteiger partial charge in [0.15, 0.2) is 5.82 Å². The number of nitrogens with one attached hydrogen (secondary N) is 1. The molecule has 0 bridgehead atoms. The third kappa shape index (κ3) is 2.77. The summed E-state index contributed by atoms with van der Waals surface area (Å²) >= 11 is 0. The Morgan fingerprint density at radius 1 is 1.38 bits per heavy atom. The summed E-state index contributed by atoms with van der Waals surface area (Å²) in [6.07, 6.45) is -0.528. The second-order valence-electron chi connectivity index (χ2n) is 2.99. The van der Waals surface area contributed by atoms with Gasteiger partial charge < -0.3 is 4.74 Å². The van der Waals surface area contributed by atoms with E-state index in [0.717, 1.165) is 0 Å². The second kappa shape index (κ2) is 4.71. The van der Waals surface area contributed by atoms with Gasteiger partial charge in [-0.2, -0.15) is 4.98 Å². The third-order valence-corrected chi connectivity index (χ3v) is 2.85. The predicted octanol–water partition coefficient (Wildman–Crippen LogP) is 2.28. The van der Waals surface area contributed by atoms with Gasteiger partial charge >= 0.3 is 6.09 Å². The van der Waals surface area contributed by atoms with Gasteiger partial charge in [-0.05, 0) is 12.1 Å². The minimum Gasteiger partial charge on any atom is -0.407 e. The van der Waals surface area contributed by atoms with Crippen molar-refractivity contribution in [3.8, 4) is 5.75 Å². The number of carbonyl (C=O) groups is 1. The van der Waals surface area contributed by atoms with E-state index in [0.29, 0.717) is 11.6 Å². The molecule has 0 saturated heterocycles. The Kier molecular flexibility index (Phi) is 3.11. The molecular formula is C10H10N3O2S+. The van der Waals surface area contributed by atoms with E-state index in [1.54, 1.807) is 36.7 Å². The van der Waals surface area contributed by atoms with Gasteiger partial charge in [-0.3, -0.25) is 0 Å². The standard InChI is InChI=1S/C10H9N3O2S/c1-8-11-7-16(12-8)13-10(14)15-9-5-3-2-4-6-9/h2-7H,1H3/p+1. The minimum absolute atomic E-state index is 0.500. The normalized spacial score (nSPS) is 10.9. The fraction of sp³-hybridized carbons (Fsp3) is 0.100. The van der Waals surface area contributed by atoms with Crippen LogP contribution in [-0.4, -0.2) is 15.5 Å². The van der Waals surface area contributed by atoms with Crippen molar-refractivity contribution in [2.45, 2.75) is 6.92 Å². The van der Waals surface area contributed by atoms with Crippen molar-refractivity contribution in [3.63, 3.8) is 0 Å². The zero-order chi connectivity index (χ0) is 11.4. The molecular weight excluding hydrogens is 226 g/mol. The van der Waals surface area contributed by atoms with E-state index in [1.807, 2.05) is 6.07 Å². The topological polar surface area (TPSA) is 64.1 Å². The van der Waals surface area contributed by atoms with E-state index >= 15 is 0 Å². The number of benzene rings is 1. The van der Waals surface area contributed by atoms with Crippen LogP contribution in [0.2, 0.25) is 0 Å². The lowest BCUT2D eigenvalue weighted by atomic mass is 10.3. The second-order valence-corrected chi connectivity index (χ2v) is 4.22. The number of aryl methyl sites for hydroxylation is 1. The lowest BCUT2D eigenvalue weighted by Gasteiger charge is -1.99. The fourth-order valence-electron chi connectivity index (χ4n) is 1.07. The van der Waals surface area contributed by atoms with E-state index in [1.165, 1.54) is 0 Å². The average molecular weight is 236 g/mol. The molecule has 1 atom stereocenters. The number of para-hydroxylation sites is 1. The molecule has 1 unspecified atom stereocenters. The summed E-state index contributed by atoms with van der Waals surface area (Å²) in [7, 11) is -0.689. The smallest absolute Gasteiger partial charge is 0.407 e. The molecule has 0 radical (unpaired) electrons. The Morgan fingerprint density at radius 3 is 2.75 bits per heavy atom. The van der Waals surface area contributed by atoms with Crippen molar-refractivity contribution in [3.05, 3.63) is 41.7 Å². The molecule has 82 valence electrons. The Bertz CT molecular complexity index is 484. The maximum Gasteiger partial charge on any atom is 0.459 e. The largest absolute Gasteiger partial charge is 0.459 e. The molecule has 1 aromatic heterocycles. The minimum atomic E-state index is -0.689. The van der Waals surface area contributed by atoms with Gasteiger partial charge in [-0.25, -0.2) is 4.79 Å². The first-order chi connectivity index (χ1) is 7.74. The maximum atomic E-state index is 11.4. The van der Waals surface area contributed by atoms with Crippen LogP contribution in [0.3, 0.4) is 0 Å². The number of ether oxygens (including phenoxy) is 1.